The highest BCUT2D eigenvalue weighted by Crippen LogP contribution is 2.36. The van der Waals surface area contributed by atoms with Crippen LogP contribution in [0.2, 0.25) is 0 Å². The summed E-state index contributed by atoms with van der Waals surface area (Å²) in [7, 11) is 2.77. The van der Waals surface area contributed by atoms with Gasteiger partial charge in [0.15, 0.2) is 0 Å². The molecule has 1 N–H and O–H groups in total. The smallest absolute Gasteiger partial charge is 0.373 e. The lowest BCUT2D eigenvalue weighted by Crippen LogP contribution is -2.25. The minimum Gasteiger partial charge on any atom is -0.501 e. The lowest BCUT2D eigenvalue weighted by Gasteiger charge is -2.12. The van der Waals surface area contributed by atoms with E-state index in [1.165, 1.54) is 14.2 Å². The van der Waals surface area contributed by atoms with E-state index in [2.05, 4.69) is 0 Å². The third-order valence-corrected chi connectivity index (χ3v) is 3.55. The molecule has 1 fully saturated rings. The van der Waals surface area contributed by atoms with Gasteiger partial charge >= 0.3 is 5.97 Å². The molecule has 1 aromatic carbocycles. The molecular weight excluding hydrogens is 302 g/mol. The molecule has 0 aromatic heterocycles. The standard InChI is InChI=1S/C16H17NO6/c1-4-23-16(21)13(18)12-11(14(19)17(2)15(12)20)9-6-5-7-10(8-9)22-3/h5-8,11,18H,4H2,1-3H3/b13-12-/t11-/m1/s1. The molecule has 0 unspecified atom stereocenters. The maximum absolute atomic E-state index is 12.4. The second-order valence-electron chi connectivity index (χ2n) is 4.89. The molecule has 1 aromatic rings. The van der Waals surface area contributed by atoms with E-state index in [9.17, 15) is 19.5 Å². The summed E-state index contributed by atoms with van der Waals surface area (Å²) in [5.41, 5.74) is 0.155. The summed E-state index contributed by atoms with van der Waals surface area (Å²) in [6, 6.07) is 6.54. The number of amides is 2. The molecule has 1 atom stereocenters. The van der Waals surface area contributed by atoms with Gasteiger partial charge in [0.2, 0.25) is 11.7 Å². The molecule has 2 amide bonds. The summed E-state index contributed by atoms with van der Waals surface area (Å²) in [4.78, 5) is 37.3. The average Bonchev–Trinajstić information content (AvgIpc) is 2.78. The quantitative estimate of drug-likeness (QED) is 0.387. The maximum atomic E-state index is 12.4. The lowest BCUT2D eigenvalue weighted by molar-refractivity contribution is -0.142. The van der Waals surface area contributed by atoms with Crippen LogP contribution >= 0.6 is 0 Å². The summed E-state index contributed by atoms with van der Waals surface area (Å²) in [5, 5.41) is 10.1. The largest absolute Gasteiger partial charge is 0.501 e. The molecule has 0 bridgehead atoms. The molecule has 7 nitrogen and oxygen atoms in total. The second kappa shape index (κ2) is 6.51. The van der Waals surface area contributed by atoms with Crippen molar-refractivity contribution in [1.29, 1.82) is 0 Å². The van der Waals surface area contributed by atoms with Crippen molar-refractivity contribution in [3.63, 3.8) is 0 Å². The van der Waals surface area contributed by atoms with Crippen LogP contribution in [0.5, 0.6) is 5.75 Å². The van der Waals surface area contributed by atoms with Crippen molar-refractivity contribution in [3.8, 4) is 5.75 Å². The Labute approximate surface area is 133 Å². The number of imide groups is 1. The molecule has 7 heteroatoms. The van der Waals surface area contributed by atoms with Gasteiger partial charge in [0, 0.05) is 7.05 Å². The van der Waals surface area contributed by atoms with Gasteiger partial charge in [0.1, 0.15) is 5.75 Å². The molecule has 1 saturated heterocycles. The van der Waals surface area contributed by atoms with Gasteiger partial charge in [-0.3, -0.25) is 14.5 Å². The van der Waals surface area contributed by atoms with Crippen molar-refractivity contribution in [2.45, 2.75) is 12.8 Å². The average molecular weight is 319 g/mol. The Morgan fingerprint density at radius 1 is 1.35 bits per heavy atom. The van der Waals surface area contributed by atoms with Crippen LogP contribution in [0.15, 0.2) is 35.6 Å². The van der Waals surface area contributed by atoms with Crippen LogP contribution in [0.1, 0.15) is 18.4 Å². The fourth-order valence-electron chi connectivity index (χ4n) is 2.40. The first-order chi connectivity index (χ1) is 10.9. The number of hydrogen-bond acceptors (Lipinski definition) is 6. The molecule has 0 spiro atoms. The van der Waals surface area contributed by atoms with Crippen LogP contribution in [0.3, 0.4) is 0 Å². The number of likely N-dealkylation sites (tertiary alicyclic amines) is 1. The van der Waals surface area contributed by atoms with Gasteiger partial charge in [-0.05, 0) is 24.6 Å². The molecular formula is C16H17NO6. The minimum atomic E-state index is -1.08. The van der Waals surface area contributed by atoms with E-state index in [0.29, 0.717) is 11.3 Å². The number of esters is 1. The van der Waals surface area contributed by atoms with Crippen molar-refractivity contribution in [3.05, 3.63) is 41.2 Å². The predicted octanol–water partition coefficient (Wildman–Crippen LogP) is 1.15. The lowest BCUT2D eigenvalue weighted by atomic mass is 9.92. The van der Waals surface area contributed by atoms with E-state index >= 15 is 0 Å². The van der Waals surface area contributed by atoms with Crippen molar-refractivity contribution < 1.29 is 29.0 Å². The monoisotopic (exact) mass is 319 g/mol. The van der Waals surface area contributed by atoms with E-state index in [4.69, 9.17) is 9.47 Å². The fourth-order valence-corrected chi connectivity index (χ4v) is 2.40. The van der Waals surface area contributed by atoms with Crippen LogP contribution in [0.25, 0.3) is 0 Å². The van der Waals surface area contributed by atoms with E-state index < -0.39 is 29.5 Å². The normalized spacial score (nSPS) is 19.8. The number of ether oxygens (including phenoxy) is 2. The molecule has 1 aliphatic rings. The zero-order valence-electron chi connectivity index (χ0n) is 13.0. The SMILES string of the molecule is CCOC(=O)/C(O)=C1/C(=O)N(C)C(=O)[C@@H]1c1cccc(OC)c1. The first-order valence-electron chi connectivity index (χ1n) is 6.98. The van der Waals surface area contributed by atoms with Crippen molar-refractivity contribution in [2.24, 2.45) is 0 Å². The molecule has 1 heterocycles. The number of benzene rings is 1. The van der Waals surface area contributed by atoms with Crippen molar-refractivity contribution >= 4 is 17.8 Å². The summed E-state index contributed by atoms with van der Waals surface area (Å²) >= 11 is 0. The highest BCUT2D eigenvalue weighted by molar-refractivity contribution is 6.19. The van der Waals surface area contributed by atoms with Crippen molar-refractivity contribution in [1.82, 2.24) is 4.90 Å². The summed E-state index contributed by atoms with van der Waals surface area (Å²) < 4.78 is 9.82. The Morgan fingerprint density at radius 3 is 2.65 bits per heavy atom. The number of carbonyl (C=O) groups excluding carboxylic acids is 3. The summed E-state index contributed by atoms with van der Waals surface area (Å²) in [5.74, 6) is -3.73. The number of carbonyl (C=O) groups is 3. The molecule has 0 radical (unpaired) electrons. The topological polar surface area (TPSA) is 93.1 Å². The minimum absolute atomic E-state index is 0.0397. The Balaban J connectivity index is 2.57. The molecule has 122 valence electrons. The number of rotatable bonds is 4. The summed E-state index contributed by atoms with van der Waals surface area (Å²) in [6.45, 7) is 1.61. The number of methoxy groups -OCH3 is 1. The second-order valence-corrected chi connectivity index (χ2v) is 4.89. The Bertz CT molecular complexity index is 694. The molecule has 2 rings (SSSR count). The van der Waals surface area contributed by atoms with Gasteiger partial charge in [0.05, 0.1) is 25.2 Å². The van der Waals surface area contributed by atoms with E-state index in [-0.39, 0.29) is 12.2 Å². The number of aliphatic hydroxyl groups is 1. The number of aliphatic hydroxyl groups excluding tert-OH is 1. The maximum Gasteiger partial charge on any atom is 0.373 e. The van der Waals surface area contributed by atoms with E-state index in [1.807, 2.05) is 0 Å². The van der Waals surface area contributed by atoms with Crippen LogP contribution in [0.4, 0.5) is 0 Å². The Morgan fingerprint density at radius 2 is 2.04 bits per heavy atom. The van der Waals surface area contributed by atoms with Gasteiger partial charge in [0.25, 0.3) is 5.91 Å². The molecule has 1 aliphatic heterocycles. The number of nitrogens with zero attached hydrogens (tertiary/aromatic N) is 1. The van der Waals surface area contributed by atoms with E-state index in [0.717, 1.165) is 4.90 Å². The van der Waals surface area contributed by atoms with Crippen LogP contribution in [0, 0.1) is 0 Å². The number of likely N-dealkylation sites (N-methyl/N-ethyl adjacent to an activating group) is 1. The van der Waals surface area contributed by atoms with Gasteiger partial charge < -0.3 is 14.6 Å². The Hall–Kier alpha value is -2.83. The highest BCUT2D eigenvalue weighted by Gasteiger charge is 2.45. The fraction of sp³-hybridized carbons (Fsp3) is 0.312. The van der Waals surface area contributed by atoms with Gasteiger partial charge in [-0.1, -0.05) is 12.1 Å². The Kier molecular flexibility index (Phi) is 4.68. The number of hydrogen-bond donors (Lipinski definition) is 1. The predicted molar refractivity (Wildman–Crippen MR) is 79.8 cm³/mol. The zero-order valence-corrected chi connectivity index (χ0v) is 13.0. The first kappa shape index (κ1) is 16.5. The highest BCUT2D eigenvalue weighted by atomic mass is 16.5. The zero-order chi connectivity index (χ0) is 17.1. The van der Waals surface area contributed by atoms with Gasteiger partial charge in [-0.25, -0.2) is 4.79 Å². The van der Waals surface area contributed by atoms with Crippen molar-refractivity contribution in [2.75, 3.05) is 20.8 Å². The third-order valence-electron chi connectivity index (χ3n) is 3.55. The van der Waals surface area contributed by atoms with Gasteiger partial charge in [-0.2, -0.15) is 0 Å². The summed E-state index contributed by atoms with van der Waals surface area (Å²) in [6.07, 6.45) is 0. The third kappa shape index (κ3) is 2.90. The molecule has 23 heavy (non-hydrogen) atoms. The molecule has 0 aliphatic carbocycles. The van der Waals surface area contributed by atoms with Crippen LogP contribution in [-0.2, 0) is 19.1 Å². The first-order valence-corrected chi connectivity index (χ1v) is 6.98. The van der Waals surface area contributed by atoms with Crippen LogP contribution < -0.4 is 4.74 Å². The van der Waals surface area contributed by atoms with Gasteiger partial charge in [-0.15, -0.1) is 0 Å². The van der Waals surface area contributed by atoms with E-state index in [1.54, 1.807) is 31.2 Å². The van der Waals surface area contributed by atoms with Crippen LogP contribution in [-0.4, -0.2) is 48.6 Å². The molecule has 0 saturated carbocycles.